The zero-order valence-corrected chi connectivity index (χ0v) is 26.5. The maximum Gasteiger partial charge on any atom is 0.243 e. The second-order valence-corrected chi connectivity index (χ2v) is 12.4. The van der Waals surface area contributed by atoms with Crippen LogP contribution in [0.3, 0.4) is 0 Å². The van der Waals surface area contributed by atoms with Crippen molar-refractivity contribution in [2.75, 3.05) is 0 Å². The highest BCUT2D eigenvalue weighted by Gasteiger charge is 2.04. The van der Waals surface area contributed by atoms with E-state index in [1.165, 1.54) is 199 Å². The summed E-state index contributed by atoms with van der Waals surface area (Å²) >= 11 is 0. The van der Waals surface area contributed by atoms with Gasteiger partial charge in [-0.2, -0.15) is 0 Å². The zero-order chi connectivity index (χ0) is 27.2. The van der Waals surface area contributed by atoms with Crippen molar-refractivity contribution >= 4 is 0 Å². The molecule has 0 amide bonds. The molecule has 2 nitrogen and oxygen atoms in total. The first-order valence-corrected chi connectivity index (χ1v) is 17.9. The summed E-state index contributed by atoms with van der Waals surface area (Å²) < 4.78 is 4.82. The van der Waals surface area contributed by atoms with E-state index in [0.29, 0.717) is 0 Å². The molecule has 0 spiro atoms. The summed E-state index contributed by atoms with van der Waals surface area (Å²) in [5.41, 5.74) is 0. The number of unbranched alkanes of at least 4 members (excludes halogenated alkanes) is 27. The number of nitrogens with zero attached hydrogens (tertiary/aromatic N) is 2. The quantitative estimate of drug-likeness (QED) is 0.0665. The predicted molar refractivity (Wildman–Crippen MR) is 170 cm³/mol. The van der Waals surface area contributed by atoms with Gasteiger partial charge >= 0.3 is 0 Å². The van der Waals surface area contributed by atoms with E-state index in [2.05, 4.69) is 41.7 Å². The van der Waals surface area contributed by atoms with E-state index in [-0.39, 0.29) is 0 Å². The molecule has 1 heterocycles. The van der Waals surface area contributed by atoms with Crippen molar-refractivity contribution in [3.63, 3.8) is 0 Å². The molecule has 0 saturated carbocycles. The van der Waals surface area contributed by atoms with E-state index in [1.54, 1.807) is 0 Å². The maximum absolute atomic E-state index is 2.41. The molecule has 0 N–H and O–H groups in total. The highest BCUT2D eigenvalue weighted by atomic mass is 15.1. The molecule has 0 atom stereocenters. The molecule has 0 aliphatic rings. The van der Waals surface area contributed by atoms with Crippen molar-refractivity contribution in [1.82, 2.24) is 4.57 Å². The lowest BCUT2D eigenvalue weighted by molar-refractivity contribution is -0.696. The van der Waals surface area contributed by atoms with Crippen molar-refractivity contribution in [3.05, 3.63) is 18.7 Å². The van der Waals surface area contributed by atoms with Crippen molar-refractivity contribution in [1.29, 1.82) is 0 Å². The Morgan fingerprint density at radius 1 is 0.395 bits per heavy atom. The molecule has 0 fully saturated rings. The van der Waals surface area contributed by atoms with Gasteiger partial charge in [-0.3, -0.25) is 0 Å². The average Bonchev–Trinajstić information content (AvgIpc) is 3.38. The molecule has 0 unspecified atom stereocenters. The van der Waals surface area contributed by atoms with Crippen molar-refractivity contribution < 1.29 is 4.57 Å². The fourth-order valence-electron chi connectivity index (χ4n) is 5.86. The van der Waals surface area contributed by atoms with Gasteiger partial charge in [0, 0.05) is 0 Å². The third kappa shape index (κ3) is 24.3. The van der Waals surface area contributed by atoms with Gasteiger partial charge in [0.1, 0.15) is 12.4 Å². The van der Waals surface area contributed by atoms with Gasteiger partial charge in [0.2, 0.25) is 6.33 Å². The summed E-state index contributed by atoms with van der Waals surface area (Å²) in [7, 11) is 0. The molecule has 0 aliphatic carbocycles. The first-order valence-electron chi connectivity index (χ1n) is 17.9. The minimum Gasteiger partial charge on any atom is -0.237 e. The lowest BCUT2D eigenvalue weighted by Crippen LogP contribution is -2.30. The minimum atomic E-state index is 1.20. The molecule has 2 heteroatoms. The van der Waals surface area contributed by atoms with Gasteiger partial charge in [0.25, 0.3) is 0 Å². The summed E-state index contributed by atoms with van der Waals surface area (Å²) in [6.07, 6.45) is 48.7. The van der Waals surface area contributed by atoms with Crippen LogP contribution < -0.4 is 4.57 Å². The van der Waals surface area contributed by atoms with Crippen LogP contribution in [0, 0.1) is 0 Å². The maximum atomic E-state index is 2.41. The van der Waals surface area contributed by atoms with E-state index in [9.17, 15) is 0 Å². The normalized spacial score (nSPS) is 11.5. The molecule has 0 aromatic carbocycles. The topological polar surface area (TPSA) is 8.81 Å². The summed E-state index contributed by atoms with van der Waals surface area (Å²) in [5, 5.41) is 0. The molecule has 224 valence electrons. The van der Waals surface area contributed by atoms with E-state index in [0.717, 1.165) is 0 Å². The Kier molecular flexibility index (Phi) is 27.1. The lowest BCUT2D eigenvalue weighted by Gasteiger charge is -2.03. The van der Waals surface area contributed by atoms with Gasteiger partial charge in [-0.25, -0.2) is 9.13 Å². The lowest BCUT2D eigenvalue weighted by atomic mass is 10.0. The molecular formula is C36H71N2+. The van der Waals surface area contributed by atoms with Crippen LogP contribution >= 0.6 is 0 Å². The highest BCUT2D eigenvalue weighted by Crippen LogP contribution is 2.14. The number of rotatable bonds is 31. The highest BCUT2D eigenvalue weighted by molar-refractivity contribution is 4.66. The first-order chi connectivity index (χ1) is 18.9. The van der Waals surface area contributed by atoms with Gasteiger partial charge in [-0.1, -0.05) is 174 Å². The van der Waals surface area contributed by atoms with Crippen LogP contribution in [0.4, 0.5) is 0 Å². The molecule has 0 saturated heterocycles. The average molecular weight is 532 g/mol. The van der Waals surface area contributed by atoms with E-state index in [1.807, 2.05) is 0 Å². The second-order valence-electron chi connectivity index (χ2n) is 12.4. The van der Waals surface area contributed by atoms with E-state index >= 15 is 0 Å². The van der Waals surface area contributed by atoms with Gasteiger partial charge in [-0.15, -0.1) is 0 Å². The summed E-state index contributed by atoms with van der Waals surface area (Å²) in [6.45, 7) is 7.00. The first kappa shape index (κ1) is 35.2. The van der Waals surface area contributed by atoms with Crippen LogP contribution in [0.1, 0.15) is 200 Å². The molecule has 0 bridgehead atoms. The Bertz CT molecular complexity index is 563. The summed E-state index contributed by atoms with van der Waals surface area (Å²) in [6, 6.07) is 0. The number of aromatic nitrogens is 2. The third-order valence-electron chi connectivity index (χ3n) is 8.54. The molecule has 1 aromatic heterocycles. The van der Waals surface area contributed by atoms with Gasteiger partial charge in [-0.05, 0) is 25.7 Å². The number of imidazole rings is 1. The molecular weight excluding hydrogens is 460 g/mol. The second kappa shape index (κ2) is 29.2. The summed E-state index contributed by atoms with van der Waals surface area (Å²) in [4.78, 5) is 0. The monoisotopic (exact) mass is 532 g/mol. The number of aryl methyl sites for hydroxylation is 2. The van der Waals surface area contributed by atoms with Crippen molar-refractivity contribution in [2.45, 2.75) is 213 Å². The zero-order valence-electron chi connectivity index (χ0n) is 26.5. The van der Waals surface area contributed by atoms with Gasteiger partial charge < -0.3 is 0 Å². The smallest absolute Gasteiger partial charge is 0.237 e. The van der Waals surface area contributed by atoms with Crippen molar-refractivity contribution in [3.8, 4) is 0 Å². The molecule has 1 rings (SSSR count). The fourth-order valence-corrected chi connectivity index (χ4v) is 5.86. The largest absolute Gasteiger partial charge is 0.243 e. The fraction of sp³-hybridized carbons (Fsp3) is 0.917. The van der Waals surface area contributed by atoms with Crippen LogP contribution in [0.2, 0.25) is 0 Å². The third-order valence-corrected chi connectivity index (χ3v) is 8.54. The Hall–Kier alpha value is -0.790. The Morgan fingerprint density at radius 3 is 1.08 bits per heavy atom. The van der Waals surface area contributed by atoms with Crippen LogP contribution in [0.5, 0.6) is 0 Å². The Morgan fingerprint density at radius 2 is 0.711 bits per heavy atom. The molecule has 38 heavy (non-hydrogen) atoms. The molecule has 1 aromatic rings. The van der Waals surface area contributed by atoms with Crippen molar-refractivity contribution in [2.24, 2.45) is 0 Å². The van der Waals surface area contributed by atoms with Gasteiger partial charge in [0.05, 0.1) is 13.1 Å². The SMILES string of the molecule is CCCCCCCCCCCCCCCCCC[n+]1ccn(CCCCCCCCCCCCCCC)c1. The number of hydrogen-bond acceptors (Lipinski definition) is 0. The summed E-state index contributed by atoms with van der Waals surface area (Å²) in [5.74, 6) is 0. The Balaban J connectivity index is 1.80. The van der Waals surface area contributed by atoms with E-state index < -0.39 is 0 Å². The van der Waals surface area contributed by atoms with Crippen LogP contribution in [-0.4, -0.2) is 4.57 Å². The van der Waals surface area contributed by atoms with Gasteiger partial charge in [0.15, 0.2) is 0 Å². The van der Waals surface area contributed by atoms with E-state index in [4.69, 9.17) is 0 Å². The van der Waals surface area contributed by atoms with Crippen LogP contribution in [0.15, 0.2) is 18.7 Å². The van der Waals surface area contributed by atoms with Crippen LogP contribution in [-0.2, 0) is 13.1 Å². The molecule has 0 aliphatic heterocycles. The molecule has 0 radical (unpaired) electrons. The number of hydrogen-bond donors (Lipinski definition) is 0. The minimum absolute atomic E-state index is 1.20. The standard InChI is InChI=1S/C36H71N2/c1-3-5-7-9-11-13-15-17-18-19-21-23-25-27-29-31-33-38-35-34-37(36-38)32-30-28-26-24-22-20-16-14-12-10-8-6-4-2/h34-36H,3-33H2,1-2H3/q+1. The predicted octanol–water partition coefficient (Wildman–Crippen LogP) is 12.1. The van der Waals surface area contributed by atoms with Crippen LogP contribution in [0.25, 0.3) is 0 Å². The Labute approximate surface area is 240 Å².